The maximum atomic E-state index is 13.2. The number of benzene rings is 2. The average molecular weight is 438 g/mol. The first-order valence-corrected chi connectivity index (χ1v) is 10.9. The van der Waals surface area contributed by atoms with Crippen molar-refractivity contribution in [3.63, 3.8) is 0 Å². The summed E-state index contributed by atoms with van der Waals surface area (Å²) < 4.78 is 0. The number of nitrogens with zero attached hydrogens (tertiary/aromatic N) is 1. The lowest BCUT2D eigenvalue weighted by molar-refractivity contribution is -0.118. The molecule has 1 unspecified atom stereocenters. The Morgan fingerprint density at radius 2 is 1.90 bits per heavy atom. The molecule has 0 fully saturated rings. The van der Waals surface area contributed by atoms with Crippen LogP contribution in [0.4, 0.5) is 5.69 Å². The molecule has 1 amide bonds. The number of carbonyl (C=O) groups is 2. The number of thiophene rings is 1. The highest BCUT2D eigenvalue weighted by Crippen LogP contribution is 2.44. The summed E-state index contributed by atoms with van der Waals surface area (Å²) >= 11 is 7.61. The molecular formula is C24H20ClNO3S. The summed E-state index contributed by atoms with van der Waals surface area (Å²) in [7, 11) is 0. The Labute approximate surface area is 184 Å². The van der Waals surface area contributed by atoms with E-state index in [-0.39, 0.29) is 17.8 Å². The van der Waals surface area contributed by atoms with Crippen LogP contribution in [0.2, 0.25) is 5.02 Å². The number of carbonyl (C=O) groups excluding carboxylic acids is 2. The molecule has 1 N–H and O–H groups in total. The maximum Gasteiger partial charge on any atom is 0.294 e. The molecule has 2 aromatic carbocycles. The molecule has 0 saturated carbocycles. The van der Waals surface area contributed by atoms with Crippen LogP contribution in [0.1, 0.15) is 28.5 Å². The van der Waals surface area contributed by atoms with Gasteiger partial charge in [-0.2, -0.15) is 0 Å². The van der Waals surface area contributed by atoms with Crippen molar-refractivity contribution >= 4 is 40.3 Å². The van der Waals surface area contributed by atoms with Gasteiger partial charge in [0.2, 0.25) is 0 Å². The molecular weight excluding hydrogens is 418 g/mol. The Hall–Kier alpha value is -2.89. The number of hydrogen-bond acceptors (Lipinski definition) is 4. The number of amides is 1. The first-order valence-electron chi connectivity index (χ1n) is 9.60. The molecule has 0 aliphatic carbocycles. The third-order valence-electron chi connectivity index (χ3n) is 5.23. The molecule has 4 rings (SSSR count). The van der Waals surface area contributed by atoms with Crippen LogP contribution >= 0.6 is 22.9 Å². The first-order chi connectivity index (χ1) is 14.5. The molecule has 1 aliphatic heterocycles. The second-order valence-electron chi connectivity index (χ2n) is 7.20. The van der Waals surface area contributed by atoms with E-state index < -0.39 is 17.7 Å². The van der Waals surface area contributed by atoms with Crippen LogP contribution in [0.3, 0.4) is 0 Å². The van der Waals surface area contributed by atoms with Crippen LogP contribution < -0.4 is 4.90 Å². The van der Waals surface area contributed by atoms with E-state index in [0.29, 0.717) is 17.1 Å². The first kappa shape index (κ1) is 20.4. The van der Waals surface area contributed by atoms with Gasteiger partial charge in [0.05, 0.1) is 5.57 Å². The fourth-order valence-corrected chi connectivity index (χ4v) is 4.94. The Morgan fingerprint density at radius 1 is 1.13 bits per heavy atom. The smallest absolute Gasteiger partial charge is 0.294 e. The number of hydrogen-bond donors (Lipinski definition) is 1. The fourth-order valence-electron chi connectivity index (χ4n) is 3.73. The van der Waals surface area contributed by atoms with E-state index in [4.69, 9.17) is 11.6 Å². The summed E-state index contributed by atoms with van der Waals surface area (Å²) in [5.74, 6) is -1.30. The molecule has 2 heterocycles. The summed E-state index contributed by atoms with van der Waals surface area (Å²) in [5, 5.41) is 13.1. The highest BCUT2D eigenvalue weighted by atomic mass is 35.5. The van der Waals surface area contributed by atoms with Crippen molar-refractivity contribution < 1.29 is 14.7 Å². The summed E-state index contributed by atoms with van der Waals surface area (Å²) in [6, 6.07) is 17.9. The second kappa shape index (κ2) is 8.46. The fraction of sp³-hybridized carbons (Fsp3) is 0.167. The quantitative estimate of drug-likeness (QED) is 0.529. The molecule has 0 radical (unpaired) electrons. The Bertz CT molecular complexity index is 1140. The van der Waals surface area contributed by atoms with Gasteiger partial charge in [0, 0.05) is 22.0 Å². The van der Waals surface area contributed by atoms with Crippen LogP contribution in [-0.2, 0) is 16.0 Å². The zero-order valence-electron chi connectivity index (χ0n) is 16.3. The van der Waals surface area contributed by atoms with E-state index in [2.05, 4.69) is 0 Å². The lowest BCUT2D eigenvalue weighted by Crippen LogP contribution is -2.30. The number of Topliss-reactive ketones (excluding diaryl/α,β-unsaturated/α-hetero) is 1. The average Bonchev–Trinajstić information content (AvgIpc) is 3.27. The Kier molecular flexibility index (Phi) is 5.75. The largest absolute Gasteiger partial charge is 0.503 e. The Morgan fingerprint density at radius 3 is 2.57 bits per heavy atom. The minimum absolute atomic E-state index is 0.154. The Balaban J connectivity index is 1.73. The molecule has 1 atom stereocenters. The predicted octanol–water partition coefficient (Wildman–Crippen LogP) is 5.81. The molecule has 6 heteroatoms. The number of halogens is 1. The molecule has 0 saturated heterocycles. The van der Waals surface area contributed by atoms with Gasteiger partial charge in [0.1, 0.15) is 6.04 Å². The van der Waals surface area contributed by atoms with Crippen molar-refractivity contribution in [1.82, 2.24) is 0 Å². The predicted molar refractivity (Wildman–Crippen MR) is 120 cm³/mol. The van der Waals surface area contributed by atoms with E-state index in [0.717, 1.165) is 16.0 Å². The molecule has 4 nitrogen and oxygen atoms in total. The number of ketones is 1. The molecule has 0 spiro atoms. The topological polar surface area (TPSA) is 57.6 Å². The van der Waals surface area contributed by atoms with Gasteiger partial charge in [0.25, 0.3) is 5.91 Å². The standard InChI is InChI=1S/C24H20ClNO3S/c1-15-12-13-30-23(15)21-20(19(27)11-10-16-6-3-2-4-7-16)22(28)24(29)26(21)18-9-5-8-17(25)14-18/h2-9,12-14,21,28H,10-11H2,1H3. The summed E-state index contributed by atoms with van der Waals surface area (Å²) in [6.45, 7) is 1.94. The summed E-state index contributed by atoms with van der Waals surface area (Å²) in [4.78, 5) is 28.6. The van der Waals surface area contributed by atoms with E-state index in [1.54, 1.807) is 24.3 Å². The van der Waals surface area contributed by atoms with Gasteiger partial charge in [-0.05, 0) is 54.1 Å². The number of aliphatic hydroxyl groups is 1. The third kappa shape index (κ3) is 3.78. The van der Waals surface area contributed by atoms with Crippen LogP contribution in [0, 0.1) is 6.92 Å². The van der Waals surface area contributed by atoms with Crippen molar-refractivity contribution in [2.45, 2.75) is 25.8 Å². The van der Waals surface area contributed by atoms with Crippen molar-refractivity contribution in [3.8, 4) is 0 Å². The van der Waals surface area contributed by atoms with Crippen molar-refractivity contribution in [3.05, 3.63) is 98.4 Å². The van der Waals surface area contributed by atoms with Crippen LogP contribution in [0.25, 0.3) is 0 Å². The van der Waals surface area contributed by atoms with Crippen LogP contribution in [0.15, 0.2) is 77.4 Å². The summed E-state index contributed by atoms with van der Waals surface area (Å²) in [5.41, 5.74) is 2.70. The zero-order valence-corrected chi connectivity index (χ0v) is 17.9. The monoisotopic (exact) mass is 437 g/mol. The number of aliphatic hydroxyl groups excluding tert-OH is 1. The van der Waals surface area contributed by atoms with Gasteiger partial charge >= 0.3 is 0 Å². The minimum atomic E-state index is -0.667. The number of anilines is 1. The number of rotatable bonds is 6. The van der Waals surface area contributed by atoms with Crippen molar-refractivity contribution in [1.29, 1.82) is 0 Å². The lowest BCUT2D eigenvalue weighted by atomic mass is 9.95. The van der Waals surface area contributed by atoms with Gasteiger partial charge in [-0.25, -0.2) is 0 Å². The van der Waals surface area contributed by atoms with Crippen molar-refractivity contribution in [2.24, 2.45) is 0 Å². The van der Waals surface area contributed by atoms with Gasteiger partial charge in [-0.15, -0.1) is 11.3 Å². The molecule has 1 aliphatic rings. The SMILES string of the molecule is Cc1ccsc1C1C(C(=O)CCc2ccccc2)=C(O)C(=O)N1c1cccc(Cl)c1. The van der Waals surface area contributed by atoms with Crippen LogP contribution in [-0.4, -0.2) is 16.8 Å². The van der Waals surface area contributed by atoms with E-state index >= 15 is 0 Å². The van der Waals surface area contributed by atoms with Gasteiger partial charge in [-0.1, -0.05) is 48.0 Å². The highest BCUT2D eigenvalue weighted by molar-refractivity contribution is 7.10. The second-order valence-corrected chi connectivity index (χ2v) is 8.58. The van der Waals surface area contributed by atoms with E-state index in [1.165, 1.54) is 16.2 Å². The molecule has 30 heavy (non-hydrogen) atoms. The third-order valence-corrected chi connectivity index (χ3v) is 6.53. The zero-order chi connectivity index (χ0) is 21.3. The van der Waals surface area contributed by atoms with Gasteiger partial charge < -0.3 is 5.11 Å². The van der Waals surface area contributed by atoms with Crippen molar-refractivity contribution in [2.75, 3.05) is 4.90 Å². The molecule has 0 bridgehead atoms. The van der Waals surface area contributed by atoms with Gasteiger partial charge in [-0.3, -0.25) is 14.5 Å². The van der Waals surface area contributed by atoms with Crippen LogP contribution in [0.5, 0.6) is 0 Å². The normalized spacial score (nSPS) is 16.4. The molecule has 152 valence electrons. The highest BCUT2D eigenvalue weighted by Gasteiger charge is 2.45. The minimum Gasteiger partial charge on any atom is -0.503 e. The van der Waals surface area contributed by atoms with E-state index in [9.17, 15) is 14.7 Å². The number of aryl methyl sites for hydroxylation is 2. The maximum absolute atomic E-state index is 13.2. The van der Waals surface area contributed by atoms with Gasteiger partial charge in [0.15, 0.2) is 11.5 Å². The summed E-state index contributed by atoms with van der Waals surface area (Å²) in [6.07, 6.45) is 0.749. The molecule has 1 aromatic heterocycles. The lowest BCUT2D eigenvalue weighted by Gasteiger charge is -2.26. The molecule has 3 aromatic rings. The van der Waals surface area contributed by atoms with E-state index in [1.807, 2.05) is 48.7 Å².